The molecular weight excluding hydrogens is 349 g/mol. The van der Waals surface area contributed by atoms with Crippen LogP contribution < -0.4 is 5.32 Å². The van der Waals surface area contributed by atoms with Crippen LogP contribution in [0.1, 0.15) is 23.2 Å². The van der Waals surface area contributed by atoms with Crippen LogP contribution >= 0.6 is 23.2 Å². The SMILES string of the molecule is CCc1nc(-c2cccc(NC(=O)c3ccc(Cl)c(Cl)c3)c2)no1. The number of hydrogen-bond acceptors (Lipinski definition) is 4. The minimum atomic E-state index is -0.284. The summed E-state index contributed by atoms with van der Waals surface area (Å²) in [4.78, 5) is 16.6. The maximum absolute atomic E-state index is 12.3. The van der Waals surface area contributed by atoms with E-state index in [4.69, 9.17) is 27.7 Å². The zero-order chi connectivity index (χ0) is 17.1. The molecule has 0 aliphatic heterocycles. The number of nitrogens with one attached hydrogen (secondary N) is 1. The first kappa shape index (κ1) is 16.5. The predicted octanol–water partition coefficient (Wildman–Crippen LogP) is 4.86. The third kappa shape index (κ3) is 3.58. The van der Waals surface area contributed by atoms with Gasteiger partial charge in [-0.15, -0.1) is 0 Å². The van der Waals surface area contributed by atoms with Crippen molar-refractivity contribution in [2.75, 3.05) is 5.32 Å². The van der Waals surface area contributed by atoms with Crippen molar-refractivity contribution < 1.29 is 9.32 Å². The fourth-order valence-electron chi connectivity index (χ4n) is 2.09. The van der Waals surface area contributed by atoms with Crippen LogP contribution in [0.5, 0.6) is 0 Å². The highest BCUT2D eigenvalue weighted by Gasteiger charge is 2.11. The maximum Gasteiger partial charge on any atom is 0.255 e. The molecule has 0 radical (unpaired) electrons. The average Bonchev–Trinajstić information content (AvgIpc) is 3.07. The molecule has 122 valence electrons. The predicted molar refractivity (Wildman–Crippen MR) is 93.5 cm³/mol. The van der Waals surface area contributed by atoms with Crippen LogP contribution in [-0.4, -0.2) is 16.0 Å². The molecule has 1 heterocycles. The summed E-state index contributed by atoms with van der Waals surface area (Å²) < 4.78 is 5.11. The summed E-state index contributed by atoms with van der Waals surface area (Å²) in [5.74, 6) is 0.765. The quantitative estimate of drug-likeness (QED) is 0.720. The Bertz CT molecular complexity index is 893. The van der Waals surface area contributed by atoms with Crippen LogP contribution in [0.4, 0.5) is 5.69 Å². The normalized spacial score (nSPS) is 10.6. The highest BCUT2D eigenvalue weighted by Crippen LogP contribution is 2.24. The summed E-state index contributed by atoms with van der Waals surface area (Å²) in [5.41, 5.74) is 1.79. The van der Waals surface area contributed by atoms with E-state index in [1.54, 1.807) is 24.3 Å². The van der Waals surface area contributed by atoms with Crippen LogP contribution in [0, 0.1) is 0 Å². The maximum atomic E-state index is 12.3. The van der Waals surface area contributed by atoms with E-state index >= 15 is 0 Å². The second kappa shape index (κ2) is 7.03. The first-order chi connectivity index (χ1) is 11.6. The number of halogens is 2. The Balaban J connectivity index is 1.81. The fraction of sp³-hybridized carbons (Fsp3) is 0.118. The van der Waals surface area contributed by atoms with Crippen LogP contribution in [0.15, 0.2) is 47.0 Å². The molecule has 0 spiro atoms. The van der Waals surface area contributed by atoms with Gasteiger partial charge in [0.1, 0.15) is 0 Å². The summed E-state index contributed by atoms with van der Waals surface area (Å²) in [7, 11) is 0. The van der Waals surface area contributed by atoms with Crippen molar-refractivity contribution in [2.24, 2.45) is 0 Å². The van der Waals surface area contributed by atoms with Gasteiger partial charge in [0.15, 0.2) is 0 Å². The van der Waals surface area contributed by atoms with Gasteiger partial charge in [0.25, 0.3) is 5.91 Å². The number of aromatic nitrogens is 2. The van der Waals surface area contributed by atoms with Gasteiger partial charge in [-0.3, -0.25) is 4.79 Å². The molecule has 0 saturated carbocycles. The Hall–Kier alpha value is -2.37. The van der Waals surface area contributed by atoms with E-state index in [1.165, 1.54) is 6.07 Å². The zero-order valence-corrected chi connectivity index (χ0v) is 14.2. The molecule has 0 atom stereocenters. The molecule has 0 fully saturated rings. The molecule has 1 N–H and O–H groups in total. The minimum absolute atomic E-state index is 0.284. The van der Waals surface area contributed by atoms with Crippen molar-refractivity contribution >= 4 is 34.8 Å². The van der Waals surface area contributed by atoms with E-state index in [1.807, 2.05) is 19.1 Å². The lowest BCUT2D eigenvalue weighted by molar-refractivity contribution is 0.102. The molecule has 0 bridgehead atoms. The molecule has 5 nitrogen and oxygen atoms in total. The van der Waals surface area contributed by atoms with Crippen LogP contribution in [0.2, 0.25) is 10.0 Å². The minimum Gasteiger partial charge on any atom is -0.339 e. The van der Waals surface area contributed by atoms with Crippen LogP contribution in [0.25, 0.3) is 11.4 Å². The topological polar surface area (TPSA) is 68.0 Å². The first-order valence-corrected chi connectivity index (χ1v) is 8.02. The number of amides is 1. The first-order valence-electron chi connectivity index (χ1n) is 7.26. The molecule has 7 heteroatoms. The highest BCUT2D eigenvalue weighted by atomic mass is 35.5. The smallest absolute Gasteiger partial charge is 0.255 e. The second-order valence-electron chi connectivity index (χ2n) is 5.03. The number of hydrogen-bond donors (Lipinski definition) is 1. The standard InChI is InChI=1S/C17H13Cl2N3O2/c1-2-15-21-16(22-24-15)10-4-3-5-12(8-10)20-17(23)11-6-7-13(18)14(19)9-11/h3-9H,2H2,1H3,(H,20,23). The number of carbonyl (C=O) groups excluding carboxylic acids is 1. The van der Waals surface area contributed by atoms with Gasteiger partial charge in [-0.25, -0.2) is 0 Å². The number of rotatable bonds is 4. The fourth-order valence-corrected chi connectivity index (χ4v) is 2.39. The Morgan fingerprint density at radius 2 is 2.00 bits per heavy atom. The lowest BCUT2D eigenvalue weighted by Gasteiger charge is -2.07. The van der Waals surface area contributed by atoms with Crippen molar-refractivity contribution in [1.82, 2.24) is 10.1 Å². The molecule has 3 aromatic rings. The highest BCUT2D eigenvalue weighted by molar-refractivity contribution is 6.42. The van der Waals surface area contributed by atoms with Gasteiger partial charge in [0, 0.05) is 23.2 Å². The molecule has 0 saturated heterocycles. The van der Waals surface area contributed by atoms with Gasteiger partial charge in [-0.1, -0.05) is 47.4 Å². The third-order valence-corrected chi connectivity index (χ3v) is 4.07. The van der Waals surface area contributed by atoms with E-state index in [2.05, 4.69) is 15.5 Å². The Morgan fingerprint density at radius 1 is 1.17 bits per heavy atom. The number of aryl methyl sites for hydroxylation is 1. The van der Waals surface area contributed by atoms with Crippen molar-refractivity contribution in [1.29, 1.82) is 0 Å². The number of carbonyl (C=O) groups is 1. The van der Waals surface area contributed by atoms with Crippen molar-refractivity contribution in [3.8, 4) is 11.4 Å². The molecule has 3 rings (SSSR count). The number of anilines is 1. The Labute approximate surface area is 148 Å². The average molecular weight is 362 g/mol. The van der Waals surface area contributed by atoms with Gasteiger partial charge in [0.2, 0.25) is 11.7 Å². The van der Waals surface area contributed by atoms with E-state index in [9.17, 15) is 4.79 Å². The summed E-state index contributed by atoms with van der Waals surface area (Å²) in [6.07, 6.45) is 0.667. The van der Waals surface area contributed by atoms with Gasteiger partial charge < -0.3 is 9.84 Å². The van der Waals surface area contributed by atoms with Crippen molar-refractivity contribution in [2.45, 2.75) is 13.3 Å². The van der Waals surface area contributed by atoms with Gasteiger partial charge in [-0.05, 0) is 30.3 Å². The monoisotopic (exact) mass is 361 g/mol. The van der Waals surface area contributed by atoms with Crippen molar-refractivity contribution in [3.05, 3.63) is 64.0 Å². The summed E-state index contributed by atoms with van der Waals surface area (Å²) in [6, 6.07) is 11.9. The summed E-state index contributed by atoms with van der Waals surface area (Å²) in [6.45, 7) is 1.94. The third-order valence-electron chi connectivity index (χ3n) is 3.33. The molecule has 0 aliphatic rings. The van der Waals surface area contributed by atoms with E-state index in [-0.39, 0.29) is 5.91 Å². The molecule has 24 heavy (non-hydrogen) atoms. The molecule has 1 amide bonds. The lowest BCUT2D eigenvalue weighted by Crippen LogP contribution is -2.11. The van der Waals surface area contributed by atoms with Crippen LogP contribution in [0.3, 0.4) is 0 Å². The van der Waals surface area contributed by atoms with E-state index in [0.29, 0.717) is 39.4 Å². The van der Waals surface area contributed by atoms with E-state index in [0.717, 1.165) is 5.56 Å². The van der Waals surface area contributed by atoms with Gasteiger partial charge >= 0.3 is 0 Å². The molecule has 1 aromatic heterocycles. The summed E-state index contributed by atoms with van der Waals surface area (Å²) >= 11 is 11.8. The molecule has 0 aliphatic carbocycles. The largest absolute Gasteiger partial charge is 0.339 e. The Morgan fingerprint density at radius 3 is 2.71 bits per heavy atom. The number of nitrogens with zero attached hydrogens (tertiary/aromatic N) is 2. The summed E-state index contributed by atoms with van der Waals surface area (Å²) in [5, 5.41) is 7.47. The van der Waals surface area contributed by atoms with Gasteiger partial charge in [-0.2, -0.15) is 4.98 Å². The Kier molecular flexibility index (Phi) is 4.83. The lowest BCUT2D eigenvalue weighted by atomic mass is 10.1. The molecule has 2 aromatic carbocycles. The molecular formula is C17H13Cl2N3O2. The van der Waals surface area contributed by atoms with E-state index < -0.39 is 0 Å². The van der Waals surface area contributed by atoms with Crippen LogP contribution in [-0.2, 0) is 6.42 Å². The van der Waals surface area contributed by atoms with Gasteiger partial charge in [0.05, 0.1) is 10.0 Å². The molecule has 0 unspecified atom stereocenters. The van der Waals surface area contributed by atoms with Crippen molar-refractivity contribution in [3.63, 3.8) is 0 Å². The zero-order valence-electron chi connectivity index (χ0n) is 12.7. The second-order valence-corrected chi connectivity index (χ2v) is 5.84. The number of benzene rings is 2.